The van der Waals surface area contributed by atoms with Gasteiger partial charge in [-0.25, -0.2) is 4.68 Å². The molecule has 1 aliphatic carbocycles. The third-order valence-corrected chi connectivity index (χ3v) is 4.13. The number of rotatable bonds is 7. The first-order valence-corrected chi connectivity index (χ1v) is 7.75. The lowest BCUT2D eigenvalue weighted by molar-refractivity contribution is 0.111. The van der Waals surface area contributed by atoms with Crippen LogP contribution in [0.5, 0.6) is 0 Å². The van der Waals surface area contributed by atoms with Crippen molar-refractivity contribution >= 4 is 6.29 Å². The Kier molecular flexibility index (Phi) is 5.55. The van der Waals surface area contributed by atoms with Crippen LogP contribution in [0.25, 0.3) is 0 Å². The summed E-state index contributed by atoms with van der Waals surface area (Å²) in [5.41, 5.74) is 1.67. The van der Waals surface area contributed by atoms with E-state index in [4.69, 9.17) is 0 Å². The molecular weight excluding hydrogens is 238 g/mol. The summed E-state index contributed by atoms with van der Waals surface area (Å²) in [6, 6.07) is 0. The first kappa shape index (κ1) is 14.2. The highest BCUT2D eigenvalue weighted by atomic mass is 16.1. The molecule has 1 fully saturated rings. The molecule has 0 bridgehead atoms. The SMILES string of the molecule is CCCCCCn1nnc(C=O)c1C1CCCCC1. The van der Waals surface area contributed by atoms with Crippen LogP contribution in [0.2, 0.25) is 0 Å². The summed E-state index contributed by atoms with van der Waals surface area (Å²) in [4.78, 5) is 11.1. The van der Waals surface area contributed by atoms with E-state index in [9.17, 15) is 4.79 Å². The highest BCUT2D eigenvalue weighted by Gasteiger charge is 2.23. The van der Waals surface area contributed by atoms with E-state index in [1.54, 1.807) is 0 Å². The van der Waals surface area contributed by atoms with Gasteiger partial charge < -0.3 is 0 Å². The van der Waals surface area contributed by atoms with Crippen LogP contribution in [0, 0.1) is 0 Å². The van der Waals surface area contributed by atoms with E-state index in [-0.39, 0.29) is 0 Å². The van der Waals surface area contributed by atoms with E-state index in [1.165, 1.54) is 51.4 Å². The van der Waals surface area contributed by atoms with Crippen LogP contribution >= 0.6 is 0 Å². The predicted molar refractivity (Wildman–Crippen MR) is 75.4 cm³/mol. The molecule has 1 heterocycles. The van der Waals surface area contributed by atoms with Gasteiger partial charge in [0.25, 0.3) is 0 Å². The van der Waals surface area contributed by atoms with Crippen molar-refractivity contribution in [3.8, 4) is 0 Å². The van der Waals surface area contributed by atoms with E-state index in [2.05, 4.69) is 17.2 Å². The second-order valence-corrected chi connectivity index (χ2v) is 5.60. The fraction of sp³-hybridized carbons (Fsp3) is 0.800. The van der Waals surface area contributed by atoms with Crippen molar-refractivity contribution in [2.24, 2.45) is 0 Å². The highest BCUT2D eigenvalue weighted by Crippen LogP contribution is 2.33. The molecule has 19 heavy (non-hydrogen) atoms. The Labute approximate surface area is 115 Å². The van der Waals surface area contributed by atoms with Crippen LogP contribution in [0.3, 0.4) is 0 Å². The Morgan fingerprint density at radius 3 is 2.68 bits per heavy atom. The number of hydrogen-bond donors (Lipinski definition) is 0. The molecule has 0 N–H and O–H groups in total. The smallest absolute Gasteiger partial charge is 0.172 e. The quantitative estimate of drug-likeness (QED) is 0.556. The summed E-state index contributed by atoms with van der Waals surface area (Å²) < 4.78 is 2.00. The maximum Gasteiger partial charge on any atom is 0.172 e. The number of aromatic nitrogens is 3. The summed E-state index contributed by atoms with van der Waals surface area (Å²) in [7, 11) is 0. The number of unbranched alkanes of at least 4 members (excludes halogenated alkanes) is 3. The van der Waals surface area contributed by atoms with Crippen molar-refractivity contribution in [3.05, 3.63) is 11.4 Å². The third kappa shape index (κ3) is 3.64. The maximum atomic E-state index is 11.1. The van der Waals surface area contributed by atoms with Gasteiger partial charge in [-0.3, -0.25) is 4.79 Å². The number of carbonyl (C=O) groups is 1. The zero-order valence-corrected chi connectivity index (χ0v) is 12.0. The molecule has 4 nitrogen and oxygen atoms in total. The van der Waals surface area contributed by atoms with Crippen molar-refractivity contribution in [1.82, 2.24) is 15.0 Å². The Morgan fingerprint density at radius 1 is 1.21 bits per heavy atom. The van der Waals surface area contributed by atoms with E-state index in [0.29, 0.717) is 11.6 Å². The molecule has 0 spiro atoms. The van der Waals surface area contributed by atoms with Crippen LogP contribution in [0.1, 0.15) is 86.8 Å². The van der Waals surface area contributed by atoms with Gasteiger partial charge in [0.2, 0.25) is 0 Å². The summed E-state index contributed by atoms with van der Waals surface area (Å²) >= 11 is 0. The van der Waals surface area contributed by atoms with E-state index < -0.39 is 0 Å². The summed E-state index contributed by atoms with van der Waals surface area (Å²) in [6.45, 7) is 3.13. The van der Waals surface area contributed by atoms with Crippen LogP contribution in [-0.4, -0.2) is 21.3 Å². The van der Waals surface area contributed by atoms with Gasteiger partial charge in [-0.2, -0.15) is 0 Å². The first-order valence-electron chi connectivity index (χ1n) is 7.75. The number of aryl methyl sites for hydroxylation is 1. The lowest BCUT2D eigenvalue weighted by Gasteiger charge is -2.22. The van der Waals surface area contributed by atoms with Gasteiger partial charge in [-0.05, 0) is 19.3 Å². The molecule has 1 aromatic heterocycles. The van der Waals surface area contributed by atoms with Gasteiger partial charge >= 0.3 is 0 Å². The molecule has 1 saturated carbocycles. The Balaban J connectivity index is 2.05. The Bertz CT molecular complexity index is 394. The van der Waals surface area contributed by atoms with E-state index >= 15 is 0 Å². The number of carbonyl (C=O) groups excluding carboxylic acids is 1. The minimum atomic E-state index is 0.495. The monoisotopic (exact) mass is 263 g/mol. The van der Waals surface area contributed by atoms with Gasteiger partial charge in [0.1, 0.15) is 5.69 Å². The number of nitrogens with zero attached hydrogens (tertiary/aromatic N) is 3. The standard InChI is InChI=1S/C15H25N3O/c1-2-3-4-8-11-18-15(14(12-19)16-17-18)13-9-6-5-7-10-13/h12-13H,2-11H2,1H3. The summed E-state index contributed by atoms with van der Waals surface area (Å²) in [5.74, 6) is 0.495. The molecule has 2 rings (SSSR count). The van der Waals surface area contributed by atoms with Crippen molar-refractivity contribution in [2.45, 2.75) is 77.2 Å². The van der Waals surface area contributed by atoms with Crippen LogP contribution in [0.4, 0.5) is 0 Å². The third-order valence-electron chi connectivity index (χ3n) is 4.13. The molecule has 0 aromatic carbocycles. The van der Waals surface area contributed by atoms with Gasteiger partial charge in [0.05, 0.1) is 5.69 Å². The number of aldehydes is 1. The Hall–Kier alpha value is -1.19. The minimum absolute atomic E-state index is 0.495. The van der Waals surface area contributed by atoms with Crippen molar-refractivity contribution in [3.63, 3.8) is 0 Å². The van der Waals surface area contributed by atoms with Crippen LogP contribution in [-0.2, 0) is 6.54 Å². The fourth-order valence-electron chi connectivity index (χ4n) is 3.07. The van der Waals surface area contributed by atoms with E-state index in [0.717, 1.165) is 24.9 Å². The lowest BCUT2D eigenvalue weighted by Crippen LogP contribution is -2.14. The average Bonchev–Trinajstić information content (AvgIpc) is 2.87. The second kappa shape index (κ2) is 7.41. The molecule has 0 unspecified atom stereocenters. The molecule has 1 aromatic rings. The normalized spacial score (nSPS) is 16.7. The molecule has 0 aliphatic heterocycles. The zero-order valence-electron chi connectivity index (χ0n) is 12.0. The molecule has 0 atom stereocenters. The first-order chi connectivity index (χ1) is 9.36. The zero-order chi connectivity index (χ0) is 13.5. The fourth-order valence-corrected chi connectivity index (χ4v) is 3.07. The summed E-state index contributed by atoms with van der Waals surface area (Å²) in [5, 5.41) is 8.25. The van der Waals surface area contributed by atoms with Gasteiger partial charge in [0, 0.05) is 12.5 Å². The molecule has 0 radical (unpaired) electrons. The largest absolute Gasteiger partial charge is 0.296 e. The molecular formula is C15H25N3O. The second-order valence-electron chi connectivity index (χ2n) is 5.60. The topological polar surface area (TPSA) is 47.8 Å². The molecule has 106 valence electrons. The highest BCUT2D eigenvalue weighted by molar-refractivity contribution is 5.73. The maximum absolute atomic E-state index is 11.1. The van der Waals surface area contributed by atoms with Crippen molar-refractivity contribution in [1.29, 1.82) is 0 Å². The molecule has 0 saturated heterocycles. The van der Waals surface area contributed by atoms with Gasteiger partial charge in [0.15, 0.2) is 6.29 Å². The average molecular weight is 263 g/mol. The van der Waals surface area contributed by atoms with Gasteiger partial charge in [-0.1, -0.05) is 50.7 Å². The lowest BCUT2D eigenvalue weighted by atomic mass is 9.86. The minimum Gasteiger partial charge on any atom is -0.296 e. The van der Waals surface area contributed by atoms with Crippen LogP contribution in [0.15, 0.2) is 0 Å². The Morgan fingerprint density at radius 2 is 2.00 bits per heavy atom. The van der Waals surface area contributed by atoms with Crippen molar-refractivity contribution < 1.29 is 4.79 Å². The molecule has 1 aliphatic rings. The molecule has 4 heteroatoms. The van der Waals surface area contributed by atoms with Gasteiger partial charge in [-0.15, -0.1) is 5.10 Å². The predicted octanol–water partition coefficient (Wildman–Crippen LogP) is 3.72. The number of hydrogen-bond acceptors (Lipinski definition) is 3. The van der Waals surface area contributed by atoms with Crippen molar-refractivity contribution in [2.75, 3.05) is 0 Å². The van der Waals surface area contributed by atoms with Crippen LogP contribution < -0.4 is 0 Å². The van der Waals surface area contributed by atoms with E-state index in [1.807, 2.05) is 4.68 Å². The molecule has 0 amide bonds. The summed E-state index contributed by atoms with van der Waals surface area (Å²) in [6.07, 6.45) is 12.0.